The van der Waals surface area contributed by atoms with Crippen molar-refractivity contribution in [2.75, 3.05) is 44.4 Å². The maximum absolute atomic E-state index is 5.81. The number of anilines is 1. The van der Waals surface area contributed by atoms with Crippen LogP contribution >= 0.6 is 11.3 Å². The molecule has 0 aliphatic carbocycles. The predicted molar refractivity (Wildman–Crippen MR) is 99.1 cm³/mol. The molecule has 1 N–H and O–H groups in total. The Hall–Kier alpha value is -1.41. The van der Waals surface area contributed by atoms with Gasteiger partial charge in [-0.3, -0.25) is 0 Å². The van der Waals surface area contributed by atoms with E-state index in [9.17, 15) is 0 Å². The van der Waals surface area contributed by atoms with Crippen LogP contribution in [0, 0.1) is 5.92 Å². The van der Waals surface area contributed by atoms with E-state index in [-0.39, 0.29) is 6.04 Å². The summed E-state index contributed by atoms with van der Waals surface area (Å²) in [5.41, 5.74) is 0. The number of hydrogen-bond donors (Lipinski definition) is 1. The highest BCUT2D eigenvalue weighted by molar-refractivity contribution is 7.15. The molecule has 0 spiro atoms. The average Bonchev–Trinajstić information content (AvgIpc) is 3.30. The Kier molecular flexibility index (Phi) is 6.86. The molecule has 2 aromatic rings. The molecule has 1 saturated heterocycles. The number of furan rings is 1. The summed E-state index contributed by atoms with van der Waals surface area (Å²) in [4.78, 5) is 8.06. The standard InChI is InChI=1S/C18H27N3O3S/c1-14(2)12-23-13-16(17-4-3-7-24-17)19-10-15-11-20-18(25-15)21-5-8-22-9-6-21/h3-4,7,11,14,16,19H,5-6,8-10,12-13H2,1-2H3. The highest BCUT2D eigenvalue weighted by atomic mass is 32.1. The maximum Gasteiger partial charge on any atom is 0.185 e. The summed E-state index contributed by atoms with van der Waals surface area (Å²) in [7, 11) is 0. The first kappa shape index (κ1) is 18.4. The number of thiazole rings is 1. The monoisotopic (exact) mass is 365 g/mol. The van der Waals surface area contributed by atoms with Crippen molar-refractivity contribution in [2.24, 2.45) is 5.92 Å². The normalized spacial score (nSPS) is 16.5. The molecule has 1 unspecified atom stereocenters. The van der Waals surface area contributed by atoms with E-state index >= 15 is 0 Å². The molecule has 3 rings (SSSR count). The summed E-state index contributed by atoms with van der Waals surface area (Å²) in [6.45, 7) is 9.79. The number of aromatic nitrogens is 1. The molecule has 1 atom stereocenters. The SMILES string of the molecule is CC(C)COCC(NCc1cnc(N2CCOCC2)s1)c1ccco1. The molecular weight excluding hydrogens is 338 g/mol. The van der Waals surface area contributed by atoms with Gasteiger partial charge in [0.25, 0.3) is 0 Å². The number of ether oxygens (including phenoxy) is 2. The minimum atomic E-state index is 0.0442. The second kappa shape index (κ2) is 9.33. The van der Waals surface area contributed by atoms with Crippen molar-refractivity contribution < 1.29 is 13.9 Å². The third-order valence-corrected chi connectivity index (χ3v) is 5.03. The Morgan fingerprint density at radius 2 is 2.16 bits per heavy atom. The largest absolute Gasteiger partial charge is 0.468 e. The number of rotatable bonds is 9. The van der Waals surface area contributed by atoms with E-state index in [4.69, 9.17) is 13.9 Å². The quantitative estimate of drug-likeness (QED) is 0.737. The molecule has 1 fully saturated rings. The molecular formula is C18H27N3O3S. The number of nitrogens with zero attached hydrogens (tertiary/aromatic N) is 2. The summed E-state index contributed by atoms with van der Waals surface area (Å²) < 4.78 is 16.8. The zero-order valence-electron chi connectivity index (χ0n) is 14.9. The molecule has 6 nitrogen and oxygen atoms in total. The number of nitrogens with one attached hydrogen (secondary N) is 1. The van der Waals surface area contributed by atoms with E-state index in [1.165, 1.54) is 4.88 Å². The molecule has 1 aliphatic rings. The molecule has 0 radical (unpaired) electrons. The summed E-state index contributed by atoms with van der Waals surface area (Å²) in [5.74, 6) is 1.43. The Balaban J connectivity index is 1.54. The molecule has 138 valence electrons. The fourth-order valence-corrected chi connectivity index (χ4v) is 3.57. The van der Waals surface area contributed by atoms with Gasteiger partial charge < -0.3 is 24.1 Å². The Morgan fingerprint density at radius 1 is 1.32 bits per heavy atom. The fraction of sp³-hybridized carbons (Fsp3) is 0.611. The lowest BCUT2D eigenvalue weighted by atomic mass is 10.2. The first-order chi connectivity index (χ1) is 12.2. The smallest absolute Gasteiger partial charge is 0.185 e. The van der Waals surface area contributed by atoms with Crippen LogP contribution in [0.4, 0.5) is 5.13 Å². The van der Waals surface area contributed by atoms with Crippen LogP contribution in [0.5, 0.6) is 0 Å². The van der Waals surface area contributed by atoms with Crippen molar-refractivity contribution in [1.82, 2.24) is 10.3 Å². The Morgan fingerprint density at radius 3 is 2.88 bits per heavy atom. The van der Waals surface area contributed by atoms with Crippen LogP contribution in [0.1, 0.15) is 30.5 Å². The molecule has 0 saturated carbocycles. The molecule has 2 aromatic heterocycles. The van der Waals surface area contributed by atoms with Gasteiger partial charge in [0.1, 0.15) is 5.76 Å². The zero-order chi connectivity index (χ0) is 17.5. The molecule has 3 heterocycles. The van der Waals surface area contributed by atoms with Gasteiger partial charge >= 0.3 is 0 Å². The van der Waals surface area contributed by atoms with Gasteiger partial charge in [-0.2, -0.15) is 0 Å². The van der Waals surface area contributed by atoms with E-state index in [0.717, 1.165) is 50.3 Å². The van der Waals surface area contributed by atoms with Gasteiger partial charge in [-0.1, -0.05) is 13.8 Å². The maximum atomic E-state index is 5.81. The van der Waals surface area contributed by atoms with Crippen molar-refractivity contribution in [3.05, 3.63) is 35.2 Å². The van der Waals surface area contributed by atoms with Crippen LogP contribution in [0.3, 0.4) is 0 Å². The van der Waals surface area contributed by atoms with Gasteiger partial charge in [-0.15, -0.1) is 11.3 Å². The second-order valence-corrected chi connectivity index (χ2v) is 7.68. The Labute approximate surface area is 153 Å². The highest BCUT2D eigenvalue weighted by Gasteiger charge is 2.17. The van der Waals surface area contributed by atoms with E-state index in [1.54, 1.807) is 17.6 Å². The zero-order valence-corrected chi connectivity index (χ0v) is 15.8. The van der Waals surface area contributed by atoms with Gasteiger partial charge in [0.05, 0.1) is 32.1 Å². The third-order valence-electron chi connectivity index (χ3n) is 3.97. The van der Waals surface area contributed by atoms with E-state index in [2.05, 4.69) is 29.0 Å². The van der Waals surface area contributed by atoms with Crippen LogP contribution in [-0.2, 0) is 16.0 Å². The molecule has 7 heteroatoms. The summed E-state index contributed by atoms with van der Waals surface area (Å²) in [6, 6.07) is 3.94. The van der Waals surface area contributed by atoms with Crippen LogP contribution in [0.25, 0.3) is 0 Å². The van der Waals surface area contributed by atoms with Crippen LogP contribution < -0.4 is 10.2 Å². The van der Waals surface area contributed by atoms with Crippen molar-refractivity contribution in [2.45, 2.75) is 26.4 Å². The summed E-state index contributed by atoms with van der Waals surface area (Å²) in [6.07, 6.45) is 3.66. The predicted octanol–water partition coefficient (Wildman–Crippen LogP) is 3.08. The van der Waals surface area contributed by atoms with Crippen LogP contribution in [-0.4, -0.2) is 44.5 Å². The van der Waals surface area contributed by atoms with Crippen molar-refractivity contribution >= 4 is 16.5 Å². The first-order valence-electron chi connectivity index (χ1n) is 8.84. The van der Waals surface area contributed by atoms with Crippen LogP contribution in [0.2, 0.25) is 0 Å². The number of hydrogen-bond acceptors (Lipinski definition) is 7. The number of morpholine rings is 1. The van der Waals surface area contributed by atoms with Crippen molar-refractivity contribution in [1.29, 1.82) is 0 Å². The van der Waals surface area contributed by atoms with Crippen molar-refractivity contribution in [3.63, 3.8) is 0 Å². The minimum Gasteiger partial charge on any atom is -0.468 e. The molecule has 0 amide bonds. The van der Waals surface area contributed by atoms with Gasteiger partial charge in [-0.25, -0.2) is 4.98 Å². The lowest BCUT2D eigenvalue weighted by Gasteiger charge is -2.26. The first-order valence-corrected chi connectivity index (χ1v) is 9.66. The van der Waals surface area contributed by atoms with E-state index in [1.807, 2.05) is 18.3 Å². The molecule has 1 aliphatic heterocycles. The molecule has 0 bridgehead atoms. The summed E-state index contributed by atoms with van der Waals surface area (Å²) >= 11 is 1.73. The fourth-order valence-electron chi connectivity index (χ4n) is 2.66. The summed E-state index contributed by atoms with van der Waals surface area (Å²) in [5, 5.41) is 4.61. The van der Waals surface area contributed by atoms with Crippen molar-refractivity contribution in [3.8, 4) is 0 Å². The second-order valence-electron chi connectivity index (χ2n) is 6.59. The third kappa shape index (κ3) is 5.54. The van der Waals surface area contributed by atoms with Gasteiger partial charge in [0.2, 0.25) is 0 Å². The average molecular weight is 365 g/mol. The topological polar surface area (TPSA) is 59.8 Å². The lowest BCUT2D eigenvalue weighted by Crippen LogP contribution is -2.36. The van der Waals surface area contributed by atoms with E-state index in [0.29, 0.717) is 12.5 Å². The minimum absolute atomic E-state index is 0.0442. The Bertz CT molecular complexity index is 609. The van der Waals surface area contributed by atoms with Gasteiger partial charge in [-0.05, 0) is 18.1 Å². The lowest BCUT2D eigenvalue weighted by molar-refractivity contribution is 0.0845. The highest BCUT2D eigenvalue weighted by Crippen LogP contribution is 2.24. The van der Waals surface area contributed by atoms with Gasteiger partial charge in [0.15, 0.2) is 5.13 Å². The van der Waals surface area contributed by atoms with Crippen LogP contribution in [0.15, 0.2) is 29.0 Å². The molecule has 25 heavy (non-hydrogen) atoms. The molecule has 0 aromatic carbocycles. The van der Waals surface area contributed by atoms with Gasteiger partial charge in [0, 0.05) is 37.3 Å². The van der Waals surface area contributed by atoms with E-state index < -0.39 is 0 Å².